The molecule has 2 aromatic rings. The minimum Gasteiger partial charge on any atom is -0.489 e. The van der Waals surface area contributed by atoms with Crippen molar-refractivity contribution in [3.63, 3.8) is 0 Å². The second-order valence-electron chi connectivity index (χ2n) is 3.64. The van der Waals surface area contributed by atoms with E-state index in [9.17, 15) is 4.39 Å². The van der Waals surface area contributed by atoms with Crippen molar-refractivity contribution in [2.24, 2.45) is 0 Å². The van der Waals surface area contributed by atoms with E-state index < -0.39 is 6.67 Å². The molecule has 0 unspecified atom stereocenters. The average Bonchev–Trinajstić information content (AvgIpc) is 2.48. The lowest BCUT2D eigenvalue weighted by molar-refractivity contribution is 0.274. The van der Waals surface area contributed by atoms with E-state index in [1.807, 2.05) is 0 Å². The maximum Gasteiger partial charge on any atom is 0.237 e. The Morgan fingerprint density at radius 1 is 1.50 bits per heavy atom. The van der Waals surface area contributed by atoms with Crippen LogP contribution in [0.15, 0.2) is 24.4 Å². The fourth-order valence-corrected chi connectivity index (χ4v) is 1.63. The zero-order chi connectivity index (χ0) is 14.4. The monoisotopic (exact) mass is 296 g/mol. The summed E-state index contributed by atoms with van der Waals surface area (Å²) in [5.74, 6) is 1.02. The zero-order valence-corrected chi connectivity index (χ0v) is 11.4. The predicted octanol–water partition coefficient (Wildman–Crippen LogP) is 3.03. The molecular formula is C13H12ClFN3O2. The fourth-order valence-electron chi connectivity index (χ4n) is 1.46. The van der Waals surface area contributed by atoms with Crippen LogP contribution < -0.4 is 14.8 Å². The van der Waals surface area contributed by atoms with Crippen LogP contribution in [0.1, 0.15) is 0 Å². The highest BCUT2D eigenvalue weighted by Gasteiger charge is 2.08. The van der Waals surface area contributed by atoms with Crippen LogP contribution in [0.5, 0.6) is 11.6 Å². The Bertz CT molecular complexity index is 583. The van der Waals surface area contributed by atoms with Crippen molar-refractivity contribution in [2.75, 3.05) is 25.7 Å². The number of alkyl halides is 1. The molecule has 0 saturated carbocycles. The Morgan fingerprint density at radius 2 is 2.35 bits per heavy atom. The summed E-state index contributed by atoms with van der Waals surface area (Å²) in [4.78, 5) is 8.12. The molecule has 0 bridgehead atoms. The van der Waals surface area contributed by atoms with Crippen LogP contribution in [0, 0.1) is 6.07 Å². The molecule has 0 aliphatic carbocycles. The third-order valence-electron chi connectivity index (χ3n) is 2.31. The molecule has 1 aromatic carbocycles. The number of methoxy groups -OCH3 is 1. The van der Waals surface area contributed by atoms with Crippen molar-refractivity contribution in [1.29, 1.82) is 0 Å². The van der Waals surface area contributed by atoms with Crippen LogP contribution in [0.4, 0.5) is 16.0 Å². The van der Waals surface area contributed by atoms with Gasteiger partial charge in [0.25, 0.3) is 0 Å². The molecule has 1 heterocycles. The van der Waals surface area contributed by atoms with Crippen molar-refractivity contribution >= 4 is 23.2 Å². The van der Waals surface area contributed by atoms with Crippen LogP contribution in [-0.2, 0) is 0 Å². The van der Waals surface area contributed by atoms with Gasteiger partial charge in [0.15, 0.2) is 0 Å². The highest BCUT2D eigenvalue weighted by molar-refractivity contribution is 6.31. The van der Waals surface area contributed by atoms with Gasteiger partial charge in [-0.2, -0.15) is 4.98 Å². The van der Waals surface area contributed by atoms with E-state index in [2.05, 4.69) is 21.4 Å². The number of hydrogen-bond donors (Lipinski definition) is 1. The first kappa shape index (κ1) is 14.3. The molecule has 7 heteroatoms. The second-order valence-corrected chi connectivity index (χ2v) is 4.04. The van der Waals surface area contributed by atoms with Crippen LogP contribution in [0.2, 0.25) is 5.02 Å². The Labute approximate surface area is 120 Å². The molecule has 0 spiro atoms. The van der Waals surface area contributed by atoms with Crippen LogP contribution in [0.3, 0.4) is 0 Å². The second kappa shape index (κ2) is 6.91. The lowest BCUT2D eigenvalue weighted by atomic mass is 10.3. The summed E-state index contributed by atoms with van der Waals surface area (Å²) in [6.45, 7) is -0.600. The summed E-state index contributed by atoms with van der Waals surface area (Å²) < 4.78 is 22.4. The molecule has 2 rings (SSSR count). The molecule has 0 aliphatic rings. The van der Waals surface area contributed by atoms with Gasteiger partial charge in [-0.1, -0.05) is 17.7 Å². The van der Waals surface area contributed by atoms with E-state index in [-0.39, 0.29) is 12.5 Å². The Kier molecular flexibility index (Phi) is 4.95. The molecule has 1 N–H and O–H groups in total. The number of benzene rings is 1. The summed E-state index contributed by atoms with van der Waals surface area (Å²) in [6.07, 6.45) is 1.42. The third-order valence-corrected chi connectivity index (χ3v) is 2.57. The minimum atomic E-state index is -0.570. The first-order valence-electron chi connectivity index (χ1n) is 5.77. The summed E-state index contributed by atoms with van der Waals surface area (Å²) in [5, 5.41) is 3.27. The minimum absolute atomic E-state index is 0.0304. The van der Waals surface area contributed by atoms with Crippen molar-refractivity contribution in [2.45, 2.75) is 0 Å². The smallest absolute Gasteiger partial charge is 0.237 e. The van der Waals surface area contributed by atoms with Gasteiger partial charge in [0.2, 0.25) is 11.8 Å². The molecule has 20 heavy (non-hydrogen) atoms. The van der Waals surface area contributed by atoms with Crippen molar-refractivity contribution < 1.29 is 13.9 Å². The van der Waals surface area contributed by atoms with Crippen molar-refractivity contribution in [1.82, 2.24) is 9.97 Å². The fraction of sp³-hybridized carbons (Fsp3) is 0.231. The van der Waals surface area contributed by atoms with E-state index in [0.717, 1.165) is 0 Å². The van der Waals surface area contributed by atoms with Crippen molar-refractivity contribution in [3.05, 3.63) is 35.5 Å². The Balaban J connectivity index is 2.21. The predicted molar refractivity (Wildman–Crippen MR) is 73.6 cm³/mol. The van der Waals surface area contributed by atoms with E-state index in [1.165, 1.54) is 13.3 Å². The quantitative estimate of drug-likeness (QED) is 0.888. The molecule has 0 atom stereocenters. The molecule has 1 aromatic heterocycles. The first-order chi connectivity index (χ1) is 9.74. The maximum absolute atomic E-state index is 12.2. The third kappa shape index (κ3) is 3.48. The number of ether oxygens (including phenoxy) is 2. The highest BCUT2D eigenvalue weighted by atomic mass is 35.5. The summed E-state index contributed by atoms with van der Waals surface area (Å²) in [7, 11) is 1.46. The van der Waals surface area contributed by atoms with E-state index in [0.29, 0.717) is 22.4 Å². The number of anilines is 2. The zero-order valence-electron chi connectivity index (χ0n) is 10.7. The van der Waals surface area contributed by atoms with Crippen LogP contribution in [0.25, 0.3) is 0 Å². The van der Waals surface area contributed by atoms with E-state index in [1.54, 1.807) is 18.2 Å². The summed E-state index contributed by atoms with van der Waals surface area (Å²) >= 11 is 5.85. The van der Waals surface area contributed by atoms with Gasteiger partial charge in [0, 0.05) is 0 Å². The molecule has 0 fully saturated rings. The first-order valence-corrected chi connectivity index (χ1v) is 6.15. The van der Waals surface area contributed by atoms with Gasteiger partial charge in [-0.05, 0) is 18.2 Å². The van der Waals surface area contributed by atoms with Crippen LogP contribution >= 0.6 is 11.6 Å². The Hall–Kier alpha value is -2.08. The number of nitrogens with zero attached hydrogens (tertiary/aromatic N) is 2. The number of rotatable bonds is 6. The van der Waals surface area contributed by atoms with Gasteiger partial charge in [0.1, 0.15) is 24.1 Å². The molecule has 0 saturated heterocycles. The molecule has 0 amide bonds. The van der Waals surface area contributed by atoms with Gasteiger partial charge < -0.3 is 14.8 Å². The van der Waals surface area contributed by atoms with Gasteiger partial charge in [0.05, 0.1) is 19.0 Å². The lowest BCUT2D eigenvalue weighted by Gasteiger charge is -2.11. The SMILES string of the molecule is COc1nc(Nc2cc[c]cc2OCCF)ncc1Cl. The number of halogens is 2. The van der Waals surface area contributed by atoms with Crippen LogP contribution in [-0.4, -0.2) is 30.4 Å². The molecule has 0 aliphatic heterocycles. The van der Waals surface area contributed by atoms with Gasteiger partial charge in [-0.15, -0.1) is 0 Å². The summed E-state index contributed by atoms with van der Waals surface area (Å²) in [5.41, 5.74) is 0.599. The highest BCUT2D eigenvalue weighted by Crippen LogP contribution is 2.28. The standard InChI is InChI=1S/C13H12ClFN3O2/c1-19-12-9(14)8-16-13(18-12)17-10-4-2-3-5-11(10)20-7-6-15/h2,4-5,8H,6-7H2,1H3,(H,16,17,18). The van der Waals surface area contributed by atoms with Gasteiger partial charge >= 0.3 is 0 Å². The maximum atomic E-state index is 12.2. The molecular weight excluding hydrogens is 285 g/mol. The largest absolute Gasteiger partial charge is 0.489 e. The van der Waals surface area contributed by atoms with Gasteiger partial charge in [-0.3, -0.25) is 0 Å². The van der Waals surface area contributed by atoms with Gasteiger partial charge in [-0.25, -0.2) is 9.37 Å². The normalized spacial score (nSPS) is 10.2. The van der Waals surface area contributed by atoms with Crippen molar-refractivity contribution in [3.8, 4) is 11.6 Å². The number of hydrogen-bond acceptors (Lipinski definition) is 5. The topological polar surface area (TPSA) is 56.3 Å². The number of nitrogens with one attached hydrogen (secondary N) is 1. The summed E-state index contributed by atoms with van der Waals surface area (Å²) in [6, 6.07) is 7.87. The lowest BCUT2D eigenvalue weighted by Crippen LogP contribution is -2.04. The Morgan fingerprint density at radius 3 is 3.10 bits per heavy atom. The number of aromatic nitrogens is 2. The van der Waals surface area contributed by atoms with E-state index >= 15 is 0 Å². The molecule has 5 nitrogen and oxygen atoms in total. The molecule has 105 valence electrons. The average molecular weight is 297 g/mol. The van der Waals surface area contributed by atoms with E-state index in [4.69, 9.17) is 21.1 Å². The molecule has 1 radical (unpaired) electrons.